The number of carboxylic acid groups (broad SMARTS) is 1. The number of carbonyl (C=O) groups excluding carboxylic acids is 10. The van der Waals surface area contributed by atoms with Crippen LogP contribution in [-0.2, 0) is 72.0 Å². The normalized spacial score (nSPS) is 16.2. The fourth-order valence-corrected chi connectivity index (χ4v) is 11.6. The molecule has 0 bridgehead atoms. The lowest BCUT2D eigenvalue weighted by molar-refractivity contribution is -0.142. The Hall–Kier alpha value is -10.9. The van der Waals surface area contributed by atoms with Crippen molar-refractivity contribution >= 4 is 81.9 Å². The molecule has 104 heavy (non-hydrogen) atoms. The van der Waals surface area contributed by atoms with Gasteiger partial charge in [0, 0.05) is 87.8 Å². The summed E-state index contributed by atoms with van der Waals surface area (Å²) in [5.74, 6) is -8.92. The van der Waals surface area contributed by atoms with Crippen molar-refractivity contribution in [2.24, 2.45) is 17.6 Å². The molecule has 0 aliphatic carbocycles. The first-order chi connectivity index (χ1) is 49.4. The number of fused-ring (bicyclic) bond motifs is 1. The van der Waals surface area contributed by atoms with Crippen LogP contribution in [0.4, 0.5) is 0 Å². The highest BCUT2D eigenvalue weighted by molar-refractivity contribution is 5.99. The third-order valence-electron chi connectivity index (χ3n) is 16.7. The number of hydrogen-bond donors (Lipinski definition) is 21. The lowest BCUT2D eigenvalue weighted by Crippen LogP contribution is -2.61. The Balaban J connectivity index is 0.00000101. The van der Waals surface area contributed by atoms with Crippen LogP contribution in [0, 0.1) is 17.2 Å². The molecule has 7 rings (SSSR count). The summed E-state index contributed by atoms with van der Waals surface area (Å²) in [6.45, 7) is 10.4. The summed E-state index contributed by atoms with van der Waals surface area (Å²) in [6.07, 6.45) is 5.14. The second-order valence-electron chi connectivity index (χ2n) is 26.2. The number of aromatic nitrogens is 3. The van der Waals surface area contributed by atoms with Gasteiger partial charge in [-0.15, -0.1) is 0 Å². The van der Waals surface area contributed by atoms with Crippen LogP contribution in [0.5, 0.6) is 17.2 Å². The van der Waals surface area contributed by atoms with E-state index >= 15 is 0 Å². The molecular formula is C70H101N17O17. The van der Waals surface area contributed by atoms with Gasteiger partial charge in [0.15, 0.2) is 17.5 Å². The molecule has 2 aliphatic rings. The lowest BCUT2D eigenvalue weighted by atomic mass is 9.98. The maximum atomic E-state index is 14.7. The second kappa shape index (κ2) is 41.9. The minimum atomic E-state index is -1.75. The van der Waals surface area contributed by atoms with E-state index in [1.165, 1.54) is 53.8 Å². The number of phenolic OH excluding ortho intramolecular Hbond substituents is 3. The molecular weight excluding hydrogens is 1350 g/mol. The Kier molecular flexibility index (Phi) is 33.8. The minimum absolute atomic E-state index is 0.0380. The zero-order valence-corrected chi connectivity index (χ0v) is 59.5. The fourth-order valence-electron chi connectivity index (χ4n) is 11.6. The number of aromatic hydroxyl groups is 3. The van der Waals surface area contributed by atoms with Gasteiger partial charge in [0.05, 0.1) is 19.0 Å². The van der Waals surface area contributed by atoms with E-state index in [0.717, 1.165) is 12.4 Å². The number of para-hydroxylation sites is 1. The van der Waals surface area contributed by atoms with Crippen LogP contribution in [0.1, 0.15) is 121 Å². The number of hydrogen-bond acceptors (Lipinski definition) is 19. The Morgan fingerprint density at radius 1 is 0.692 bits per heavy atom. The zero-order chi connectivity index (χ0) is 76.7. The molecule has 10 atom stereocenters. The summed E-state index contributed by atoms with van der Waals surface area (Å²) in [6, 6.07) is 5.83. The van der Waals surface area contributed by atoms with Gasteiger partial charge in [0.2, 0.25) is 59.1 Å². The largest absolute Gasteiger partial charge is 0.508 e. The summed E-state index contributed by atoms with van der Waals surface area (Å²) in [4.78, 5) is 160. The number of imidazole rings is 1. The molecule has 2 fully saturated rings. The highest BCUT2D eigenvalue weighted by Crippen LogP contribution is 2.28. The van der Waals surface area contributed by atoms with Gasteiger partial charge in [-0.2, -0.15) is 0 Å². The Morgan fingerprint density at radius 3 is 1.81 bits per heavy atom. The van der Waals surface area contributed by atoms with Crippen molar-refractivity contribution in [2.75, 3.05) is 39.8 Å². The second-order valence-corrected chi connectivity index (χ2v) is 26.2. The van der Waals surface area contributed by atoms with E-state index in [-0.39, 0.29) is 111 Å². The van der Waals surface area contributed by atoms with E-state index in [4.69, 9.17) is 31.3 Å². The Bertz CT molecular complexity index is 3700. The van der Waals surface area contributed by atoms with Gasteiger partial charge in [-0.3, -0.25) is 58.1 Å². The van der Waals surface area contributed by atoms with Crippen LogP contribution in [-0.4, -0.2) is 216 Å². The summed E-state index contributed by atoms with van der Waals surface area (Å²) in [7, 11) is 1.73. The molecule has 2 saturated heterocycles. The first-order valence-corrected chi connectivity index (χ1v) is 34.4. The molecule has 0 radical (unpaired) electrons. The summed E-state index contributed by atoms with van der Waals surface area (Å²) >= 11 is 0. The number of rotatable bonds is 35. The number of nitrogens with zero attached hydrogens (tertiary/aromatic N) is 2. The molecule has 34 nitrogen and oxygen atoms in total. The predicted octanol–water partition coefficient (Wildman–Crippen LogP) is -0.787. The number of benzene rings is 3. The van der Waals surface area contributed by atoms with E-state index in [2.05, 4.69) is 73.4 Å². The van der Waals surface area contributed by atoms with Gasteiger partial charge < -0.3 is 110 Å². The average molecular weight is 1450 g/mol. The Labute approximate surface area is 601 Å². The zero-order valence-electron chi connectivity index (χ0n) is 59.5. The molecule has 0 unspecified atom stereocenters. The van der Waals surface area contributed by atoms with E-state index < -0.39 is 120 Å². The number of guanidine groups is 1. The number of aromatic amines is 2. The minimum Gasteiger partial charge on any atom is -0.508 e. The number of aliphatic carboxylic acids is 1. The van der Waals surface area contributed by atoms with Crippen LogP contribution < -0.4 is 64.2 Å². The number of carboxylic acids is 1. The van der Waals surface area contributed by atoms with E-state index in [1.54, 1.807) is 58.3 Å². The SMILES string of the molecule is CC(=O)O.CCNC(=O)[C@@H]1CCCN1C(=O)[C@H](CCCNC(=N)N)NC(=O)[C@H](CC(C)C)NC(=O)[C@@H](CC(C)C)NC(=O)[C@H](Cc1ccc(O)cc1)NC(=O)[C@H](CO)NC(=O)[C@H](Cc1c[nH]c2ccccc12)NC(=O)[C@H](Cc1cnc[nH]1)NC(=O)[C@@H]1CCC(=O)N1.CNC[C@H](O)c1ccc(O)c(O)c1. The van der Waals surface area contributed by atoms with Gasteiger partial charge in [-0.1, -0.05) is 64.1 Å². The maximum absolute atomic E-state index is 14.7. The van der Waals surface area contributed by atoms with Crippen LogP contribution >= 0.6 is 0 Å². The number of nitrogens with two attached hydrogens (primary N) is 1. The molecule has 10 amide bonds. The van der Waals surface area contributed by atoms with Crippen LogP contribution in [0.2, 0.25) is 0 Å². The lowest BCUT2D eigenvalue weighted by Gasteiger charge is -2.31. The molecule has 3 aromatic carbocycles. The number of likely N-dealkylation sites (tertiary alicyclic amines) is 1. The third kappa shape index (κ3) is 27.1. The van der Waals surface area contributed by atoms with Crippen molar-refractivity contribution < 1.29 is 83.4 Å². The molecule has 2 aliphatic heterocycles. The van der Waals surface area contributed by atoms with Gasteiger partial charge in [0.25, 0.3) is 5.97 Å². The fraction of sp³-hybridized carbons (Fsp3) is 0.500. The first-order valence-electron chi connectivity index (χ1n) is 34.4. The van der Waals surface area contributed by atoms with Crippen molar-refractivity contribution in [3.63, 3.8) is 0 Å². The number of likely N-dealkylation sites (N-methyl/N-ethyl adjacent to an activating group) is 2. The summed E-state index contributed by atoms with van der Waals surface area (Å²) < 4.78 is 0. The van der Waals surface area contributed by atoms with E-state index in [0.29, 0.717) is 60.1 Å². The summed E-state index contributed by atoms with van der Waals surface area (Å²) in [5.41, 5.74) is 8.27. The van der Waals surface area contributed by atoms with E-state index in [9.17, 15) is 63.3 Å². The number of aliphatic hydroxyl groups excluding tert-OH is 2. The highest BCUT2D eigenvalue weighted by atomic mass is 16.4. The predicted molar refractivity (Wildman–Crippen MR) is 381 cm³/mol. The van der Waals surface area contributed by atoms with Crippen LogP contribution in [0.3, 0.4) is 0 Å². The third-order valence-corrected chi connectivity index (χ3v) is 16.7. The van der Waals surface area contributed by atoms with Gasteiger partial charge >= 0.3 is 0 Å². The molecule has 4 heterocycles. The van der Waals surface area contributed by atoms with Crippen molar-refractivity contribution in [2.45, 2.75) is 173 Å². The number of aliphatic hydroxyl groups is 2. The molecule has 0 spiro atoms. The number of phenols is 3. The standard InChI is InChI=1S/C59H84N16O12.C9H13NO3.C2H4O2/c1-6-63-57(86)48-14-10-22-75(48)58(87)41(13-9-21-64-59(60)61)68-51(80)42(23-32(2)3)69-52(81)43(24-33(4)5)70-53(82)44(25-34-15-17-37(77)18-16-34)71-56(85)47(30-76)74-54(83)45(26-35-28-65-39-12-8-7-11-38(35)39)72-55(84)46(27-36-29-62-31-66-36)73-50(79)40-19-20-49(78)67-40;1-10-5-9(13)6-2-3-7(11)8(12)4-6;1-2(3)4/h7-8,11-12,15-18,28-29,31-33,40-48,65,76-77H,6,9-10,13-14,19-27,30H2,1-5H3,(H,62,66)(H,63,86)(H,67,78)(H,68,80)(H,69,81)(H,70,82)(H,71,85)(H,72,84)(H,73,79)(H,74,83)(H4,60,61,64);2-4,9-13H,5H2,1H3;1H3,(H,3,4)/t40-,41-,42-,43+,44-,45-,46-,47-,48-;9-;/m00./s1. The molecule has 22 N–H and O–H groups in total. The number of carbonyl (C=O) groups is 11. The van der Waals surface area contributed by atoms with E-state index in [1.807, 2.05) is 19.9 Å². The van der Waals surface area contributed by atoms with Crippen molar-refractivity contribution in [1.29, 1.82) is 5.41 Å². The number of H-pyrrole nitrogens is 2. The Morgan fingerprint density at radius 2 is 1.26 bits per heavy atom. The highest BCUT2D eigenvalue weighted by Gasteiger charge is 2.40. The number of nitrogens with one attached hydrogen (secondary N) is 14. The maximum Gasteiger partial charge on any atom is 0.300 e. The van der Waals surface area contributed by atoms with Gasteiger partial charge in [-0.05, 0) is 118 Å². The smallest absolute Gasteiger partial charge is 0.300 e. The molecule has 0 saturated carbocycles. The molecule has 2 aromatic heterocycles. The summed E-state index contributed by atoms with van der Waals surface area (Å²) in [5, 5.41) is 94.0. The topological polar surface area (TPSA) is 539 Å². The van der Waals surface area contributed by atoms with Crippen LogP contribution in [0.25, 0.3) is 10.9 Å². The quantitative estimate of drug-likeness (QED) is 0.0102. The molecule has 5 aromatic rings. The number of amides is 10. The van der Waals surface area contributed by atoms with Crippen molar-refractivity contribution in [3.05, 3.63) is 108 Å². The average Bonchev–Trinajstić information content (AvgIpc) is 1.63. The molecule has 34 heteroatoms. The molecule has 568 valence electrons. The van der Waals surface area contributed by atoms with Crippen molar-refractivity contribution in [1.82, 2.24) is 78.3 Å². The van der Waals surface area contributed by atoms with Gasteiger partial charge in [-0.25, -0.2) is 4.98 Å². The monoisotopic (exact) mass is 1450 g/mol. The van der Waals surface area contributed by atoms with Gasteiger partial charge in [0.1, 0.15) is 60.1 Å². The van der Waals surface area contributed by atoms with Crippen LogP contribution in [0.15, 0.2) is 85.5 Å². The first kappa shape index (κ1) is 83.8. The van der Waals surface area contributed by atoms with Crippen molar-refractivity contribution in [3.8, 4) is 17.2 Å².